The first-order valence-electron chi connectivity index (χ1n) is 10.9. The highest BCUT2D eigenvalue weighted by atomic mass is 127. The molecule has 0 bridgehead atoms. The first-order chi connectivity index (χ1) is 13.7. The summed E-state index contributed by atoms with van der Waals surface area (Å²) in [5, 5.41) is 10.7. The van der Waals surface area contributed by atoms with Crippen LogP contribution in [-0.4, -0.2) is 72.5 Å². The van der Waals surface area contributed by atoms with E-state index in [2.05, 4.69) is 32.6 Å². The molecule has 2 aliphatic rings. The van der Waals surface area contributed by atoms with E-state index in [4.69, 9.17) is 14.3 Å². The summed E-state index contributed by atoms with van der Waals surface area (Å²) in [7, 11) is 0. The van der Waals surface area contributed by atoms with E-state index >= 15 is 0 Å². The van der Waals surface area contributed by atoms with E-state index in [0.717, 1.165) is 64.7 Å². The Morgan fingerprint density at radius 3 is 2.59 bits per heavy atom. The van der Waals surface area contributed by atoms with Gasteiger partial charge in [-0.05, 0) is 33.1 Å². The molecular formula is C20H37IN6O2. The highest BCUT2D eigenvalue weighted by Gasteiger charge is 2.38. The third-order valence-electron chi connectivity index (χ3n) is 5.77. The molecule has 0 amide bonds. The molecule has 2 fully saturated rings. The maximum absolute atomic E-state index is 5.58. The molecule has 1 saturated carbocycles. The van der Waals surface area contributed by atoms with Gasteiger partial charge in [0.2, 0.25) is 5.89 Å². The van der Waals surface area contributed by atoms with Gasteiger partial charge < -0.3 is 19.9 Å². The molecule has 0 spiro atoms. The van der Waals surface area contributed by atoms with Crippen molar-refractivity contribution in [3.05, 3.63) is 11.7 Å². The number of morpholine rings is 1. The van der Waals surface area contributed by atoms with Crippen LogP contribution < -0.4 is 10.6 Å². The topological polar surface area (TPSA) is 87.8 Å². The summed E-state index contributed by atoms with van der Waals surface area (Å²) >= 11 is 0. The smallest absolute Gasteiger partial charge is 0.226 e. The van der Waals surface area contributed by atoms with Crippen molar-refractivity contribution in [1.29, 1.82) is 0 Å². The molecule has 2 heterocycles. The van der Waals surface area contributed by atoms with Gasteiger partial charge in [-0.1, -0.05) is 24.4 Å². The fourth-order valence-electron chi connectivity index (χ4n) is 4.28. The Kier molecular flexibility index (Phi) is 10.6. The van der Waals surface area contributed by atoms with Crippen LogP contribution in [0.3, 0.4) is 0 Å². The van der Waals surface area contributed by atoms with Crippen LogP contribution in [0.2, 0.25) is 0 Å². The van der Waals surface area contributed by atoms with Crippen molar-refractivity contribution < 1.29 is 9.26 Å². The molecule has 1 aliphatic carbocycles. The minimum atomic E-state index is 0. The monoisotopic (exact) mass is 520 g/mol. The van der Waals surface area contributed by atoms with Crippen molar-refractivity contribution in [2.24, 2.45) is 4.99 Å². The van der Waals surface area contributed by atoms with Gasteiger partial charge in [0.15, 0.2) is 11.8 Å². The van der Waals surface area contributed by atoms with E-state index in [9.17, 15) is 0 Å². The number of nitrogens with one attached hydrogen (secondary N) is 2. The fraction of sp³-hybridized carbons (Fsp3) is 0.850. The zero-order valence-electron chi connectivity index (χ0n) is 17.9. The summed E-state index contributed by atoms with van der Waals surface area (Å²) < 4.78 is 10.8. The predicted octanol–water partition coefficient (Wildman–Crippen LogP) is 2.52. The number of aromatic nitrogens is 2. The molecule has 166 valence electrons. The van der Waals surface area contributed by atoms with Crippen LogP contribution in [-0.2, 0) is 11.2 Å². The number of rotatable bonds is 8. The van der Waals surface area contributed by atoms with Gasteiger partial charge in [0.1, 0.15) is 0 Å². The van der Waals surface area contributed by atoms with Gasteiger partial charge in [0.25, 0.3) is 0 Å². The van der Waals surface area contributed by atoms with E-state index in [1.807, 2.05) is 6.92 Å². The average Bonchev–Trinajstić information content (AvgIpc) is 3.15. The summed E-state index contributed by atoms with van der Waals surface area (Å²) in [6.07, 6.45) is 8.16. The van der Waals surface area contributed by atoms with Crippen LogP contribution in [0.25, 0.3) is 0 Å². The van der Waals surface area contributed by atoms with Crippen molar-refractivity contribution in [3.63, 3.8) is 0 Å². The van der Waals surface area contributed by atoms with Gasteiger partial charge in [0, 0.05) is 38.1 Å². The normalized spacial score (nSPS) is 20.1. The summed E-state index contributed by atoms with van der Waals surface area (Å²) in [4.78, 5) is 11.9. The largest absolute Gasteiger partial charge is 0.379 e. The molecule has 29 heavy (non-hydrogen) atoms. The predicted molar refractivity (Wildman–Crippen MR) is 125 cm³/mol. The number of hydrogen-bond donors (Lipinski definition) is 2. The second-order valence-electron chi connectivity index (χ2n) is 7.85. The van der Waals surface area contributed by atoms with E-state index in [-0.39, 0.29) is 29.5 Å². The maximum atomic E-state index is 5.58. The Balaban J connectivity index is 0.00000300. The molecule has 0 aromatic carbocycles. The molecule has 1 saturated heterocycles. The number of guanidine groups is 1. The standard InChI is InChI=1S/C20H36N6O2.HI/c1-3-21-19(22-11-7-8-18-24-17(2)25-28-18)23-16-20(9-5-4-6-10-20)26-12-14-27-15-13-26;/h3-16H2,1-2H3,(H2,21,22,23);1H. The van der Waals surface area contributed by atoms with Gasteiger partial charge in [-0.25, -0.2) is 0 Å². The van der Waals surface area contributed by atoms with Crippen LogP contribution in [0.15, 0.2) is 9.52 Å². The molecule has 8 nitrogen and oxygen atoms in total. The molecule has 1 aromatic heterocycles. The van der Waals surface area contributed by atoms with E-state index in [0.29, 0.717) is 11.7 Å². The lowest BCUT2D eigenvalue weighted by molar-refractivity contribution is -0.0333. The van der Waals surface area contributed by atoms with Gasteiger partial charge in [-0.3, -0.25) is 9.89 Å². The SMILES string of the molecule is CCNC(=NCC1(N2CCOCC2)CCCCC1)NCCCc1nc(C)no1.I. The molecule has 1 aromatic rings. The van der Waals surface area contributed by atoms with Crippen molar-refractivity contribution >= 4 is 29.9 Å². The third kappa shape index (κ3) is 7.36. The molecule has 0 radical (unpaired) electrons. The minimum Gasteiger partial charge on any atom is -0.379 e. The lowest BCUT2D eigenvalue weighted by Gasteiger charge is -2.47. The Morgan fingerprint density at radius 1 is 1.17 bits per heavy atom. The van der Waals surface area contributed by atoms with Gasteiger partial charge >= 0.3 is 0 Å². The Hall–Kier alpha value is -0.940. The first kappa shape index (κ1) is 24.3. The lowest BCUT2D eigenvalue weighted by Crippen LogP contribution is -2.56. The van der Waals surface area contributed by atoms with Crippen LogP contribution in [0.4, 0.5) is 0 Å². The number of aryl methyl sites for hydroxylation is 2. The summed E-state index contributed by atoms with van der Waals surface area (Å²) in [5.41, 5.74) is 0.200. The average molecular weight is 520 g/mol. The Labute approximate surface area is 191 Å². The summed E-state index contributed by atoms with van der Waals surface area (Å²) in [6.45, 7) is 10.2. The first-order valence-corrected chi connectivity index (χ1v) is 10.9. The van der Waals surface area contributed by atoms with Crippen LogP contribution >= 0.6 is 24.0 Å². The number of aliphatic imine (C=N–C) groups is 1. The minimum absolute atomic E-state index is 0. The van der Waals surface area contributed by atoms with Gasteiger partial charge in [-0.15, -0.1) is 24.0 Å². The molecule has 0 unspecified atom stereocenters. The lowest BCUT2D eigenvalue weighted by atomic mass is 9.80. The maximum Gasteiger partial charge on any atom is 0.226 e. The van der Waals surface area contributed by atoms with Crippen molar-refractivity contribution in [1.82, 2.24) is 25.7 Å². The number of halogens is 1. The van der Waals surface area contributed by atoms with Gasteiger partial charge in [-0.2, -0.15) is 4.98 Å². The Morgan fingerprint density at radius 2 is 1.93 bits per heavy atom. The number of nitrogens with zero attached hydrogens (tertiary/aromatic N) is 4. The highest BCUT2D eigenvalue weighted by Crippen LogP contribution is 2.34. The second kappa shape index (κ2) is 12.7. The van der Waals surface area contributed by atoms with E-state index < -0.39 is 0 Å². The second-order valence-corrected chi connectivity index (χ2v) is 7.85. The molecular weight excluding hydrogens is 483 g/mol. The van der Waals surface area contributed by atoms with Gasteiger partial charge in [0.05, 0.1) is 19.8 Å². The van der Waals surface area contributed by atoms with E-state index in [1.54, 1.807) is 0 Å². The fourth-order valence-corrected chi connectivity index (χ4v) is 4.28. The summed E-state index contributed by atoms with van der Waals surface area (Å²) in [6, 6.07) is 0. The van der Waals surface area contributed by atoms with Crippen molar-refractivity contribution in [2.45, 2.75) is 64.3 Å². The number of ether oxygens (including phenoxy) is 1. The number of hydrogen-bond acceptors (Lipinski definition) is 6. The Bertz CT molecular complexity index is 612. The molecule has 3 rings (SSSR count). The van der Waals surface area contributed by atoms with Crippen LogP contribution in [0, 0.1) is 6.92 Å². The van der Waals surface area contributed by atoms with Crippen LogP contribution in [0.5, 0.6) is 0 Å². The quantitative estimate of drug-likeness (QED) is 0.236. The zero-order valence-corrected chi connectivity index (χ0v) is 20.2. The van der Waals surface area contributed by atoms with E-state index in [1.165, 1.54) is 32.1 Å². The molecule has 2 N–H and O–H groups in total. The molecule has 9 heteroatoms. The molecule has 1 aliphatic heterocycles. The summed E-state index contributed by atoms with van der Waals surface area (Å²) in [5.74, 6) is 2.30. The van der Waals surface area contributed by atoms with Crippen molar-refractivity contribution in [3.8, 4) is 0 Å². The molecule has 0 atom stereocenters. The zero-order chi connectivity index (χ0) is 19.7. The van der Waals surface area contributed by atoms with Crippen LogP contribution in [0.1, 0.15) is 57.2 Å². The third-order valence-corrected chi connectivity index (χ3v) is 5.77. The van der Waals surface area contributed by atoms with Crippen molar-refractivity contribution in [2.75, 3.05) is 45.9 Å². The highest BCUT2D eigenvalue weighted by molar-refractivity contribution is 14.0.